The summed E-state index contributed by atoms with van der Waals surface area (Å²) in [6.45, 7) is 0. The zero-order valence-corrected chi connectivity index (χ0v) is 7.52. The molecule has 2 atom stereocenters. The zero-order valence-electron chi connectivity index (χ0n) is 7.52. The maximum atomic E-state index is 10.5. The van der Waals surface area contributed by atoms with Crippen LogP contribution >= 0.6 is 0 Å². The fraction of sp³-hybridized carbons (Fsp3) is 0.250. The van der Waals surface area contributed by atoms with E-state index >= 15 is 0 Å². The van der Waals surface area contributed by atoms with E-state index in [0.29, 0.717) is 5.69 Å². The number of para-hydroxylation sites is 1. The van der Waals surface area contributed by atoms with Gasteiger partial charge >= 0.3 is 12.3 Å². The van der Waals surface area contributed by atoms with E-state index in [1.54, 1.807) is 30.3 Å². The predicted octanol–water partition coefficient (Wildman–Crippen LogP) is 0.712. The highest BCUT2D eigenvalue weighted by molar-refractivity contribution is 5.53. The normalized spacial score (nSPS) is 23.6. The Morgan fingerprint density at radius 1 is 1.00 bits per heavy atom. The summed E-state index contributed by atoms with van der Waals surface area (Å²) < 4.78 is 0. The Balaban J connectivity index is 2.25. The molecule has 0 bridgehead atoms. The molecule has 2 unspecified atom stereocenters. The van der Waals surface area contributed by atoms with Crippen LogP contribution in [0.1, 0.15) is 0 Å². The molecule has 0 spiro atoms. The summed E-state index contributed by atoms with van der Waals surface area (Å²) >= 11 is 0. The van der Waals surface area contributed by atoms with Gasteiger partial charge in [0.15, 0.2) is 0 Å². The van der Waals surface area contributed by atoms with Crippen molar-refractivity contribution in [3.63, 3.8) is 0 Å². The largest absolute Gasteiger partial charge is 0.379 e. The Bertz CT molecular complexity index is 388. The first kappa shape index (κ1) is 9.38. The Hall–Kier alpha value is -2.18. The van der Waals surface area contributed by atoms with Crippen LogP contribution in [0.2, 0.25) is 0 Å². The van der Waals surface area contributed by atoms with Crippen LogP contribution in [0.3, 0.4) is 0 Å². The first-order valence-corrected chi connectivity index (χ1v) is 4.23. The zero-order chi connectivity index (χ0) is 11.0. The smallest absolute Gasteiger partial charge is 0.262 e. The molecule has 0 radical (unpaired) electrons. The van der Waals surface area contributed by atoms with Gasteiger partial charge in [0.25, 0.3) is 0 Å². The minimum absolute atomic E-state index is 0.501. The standard InChI is InChI=1S/C8H7N3O4/c12-10(13)7-8(11(14)15)9(7)6-4-2-1-3-5-6/h1-5,7-8H. The fourth-order valence-corrected chi connectivity index (χ4v) is 1.53. The third kappa shape index (κ3) is 1.47. The Morgan fingerprint density at radius 2 is 1.47 bits per heavy atom. The van der Waals surface area contributed by atoms with E-state index in [9.17, 15) is 20.2 Å². The molecule has 15 heavy (non-hydrogen) atoms. The Labute approximate surface area is 84.2 Å². The van der Waals surface area contributed by atoms with E-state index in [2.05, 4.69) is 0 Å². The quantitative estimate of drug-likeness (QED) is 0.415. The first-order valence-electron chi connectivity index (χ1n) is 4.23. The number of anilines is 1. The summed E-state index contributed by atoms with van der Waals surface area (Å²) in [6.07, 6.45) is -2.47. The van der Waals surface area contributed by atoms with Crippen LogP contribution in [0, 0.1) is 20.2 Å². The van der Waals surface area contributed by atoms with Gasteiger partial charge in [0.2, 0.25) is 0 Å². The monoisotopic (exact) mass is 209 g/mol. The van der Waals surface area contributed by atoms with E-state index in [0.717, 1.165) is 0 Å². The molecule has 7 nitrogen and oxygen atoms in total. The summed E-state index contributed by atoms with van der Waals surface area (Å²) in [4.78, 5) is 20.9. The van der Waals surface area contributed by atoms with Crippen molar-refractivity contribution >= 4 is 5.69 Å². The summed E-state index contributed by atoms with van der Waals surface area (Å²) in [6, 6.07) is 8.33. The lowest BCUT2D eigenvalue weighted by Gasteiger charge is -1.97. The van der Waals surface area contributed by atoms with Crippen LogP contribution < -0.4 is 4.90 Å². The lowest BCUT2D eigenvalue weighted by molar-refractivity contribution is -0.558. The van der Waals surface area contributed by atoms with Gasteiger partial charge in [-0.2, -0.15) is 0 Å². The lowest BCUT2D eigenvalue weighted by atomic mass is 10.3. The van der Waals surface area contributed by atoms with Crippen LogP contribution in [0.15, 0.2) is 30.3 Å². The molecule has 0 aromatic heterocycles. The van der Waals surface area contributed by atoms with Crippen molar-refractivity contribution in [3.8, 4) is 0 Å². The van der Waals surface area contributed by atoms with E-state index in [1.165, 1.54) is 4.90 Å². The minimum Gasteiger partial charge on any atom is -0.262 e. The third-order valence-electron chi connectivity index (χ3n) is 2.23. The van der Waals surface area contributed by atoms with E-state index in [1.807, 2.05) is 0 Å². The van der Waals surface area contributed by atoms with E-state index < -0.39 is 22.2 Å². The molecule has 2 rings (SSSR count). The summed E-state index contributed by atoms with van der Waals surface area (Å²) in [5, 5.41) is 21.0. The molecular weight excluding hydrogens is 202 g/mol. The van der Waals surface area contributed by atoms with Crippen molar-refractivity contribution in [2.75, 3.05) is 4.90 Å². The predicted molar refractivity (Wildman–Crippen MR) is 50.5 cm³/mol. The van der Waals surface area contributed by atoms with Gasteiger partial charge in [-0.25, -0.2) is 4.90 Å². The van der Waals surface area contributed by atoms with Crippen LogP contribution in [0.5, 0.6) is 0 Å². The van der Waals surface area contributed by atoms with Crippen molar-refractivity contribution in [3.05, 3.63) is 50.6 Å². The molecule has 1 aromatic rings. The highest BCUT2D eigenvalue weighted by Gasteiger charge is 2.68. The molecule has 7 heteroatoms. The molecule has 1 heterocycles. The molecule has 78 valence electrons. The van der Waals surface area contributed by atoms with Gasteiger partial charge in [-0.15, -0.1) is 0 Å². The van der Waals surface area contributed by atoms with Gasteiger partial charge in [-0.05, 0) is 12.1 Å². The molecule has 1 aliphatic rings. The van der Waals surface area contributed by atoms with Crippen molar-refractivity contribution in [2.45, 2.75) is 12.3 Å². The number of hydrogen-bond donors (Lipinski definition) is 0. The topological polar surface area (TPSA) is 89.3 Å². The number of hydrogen-bond acceptors (Lipinski definition) is 5. The van der Waals surface area contributed by atoms with E-state index in [4.69, 9.17) is 0 Å². The van der Waals surface area contributed by atoms with E-state index in [-0.39, 0.29) is 0 Å². The molecule has 1 aromatic carbocycles. The maximum Gasteiger partial charge on any atom is 0.379 e. The number of nitro groups is 2. The Kier molecular flexibility index (Phi) is 2.00. The van der Waals surface area contributed by atoms with Gasteiger partial charge in [0.05, 0.1) is 9.85 Å². The average molecular weight is 209 g/mol. The average Bonchev–Trinajstić information content (AvgIpc) is 2.94. The molecule has 0 N–H and O–H groups in total. The Morgan fingerprint density at radius 3 is 1.87 bits per heavy atom. The van der Waals surface area contributed by atoms with Gasteiger partial charge in [0.1, 0.15) is 0 Å². The molecule has 1 saturated heterocycles. The minimum atomic E-state index is -1.23. The maximum absolute atomic E-state index is 10.5. The molecule has 1 fully saturated rings. The fourth-order valence-electron chi connectivity index (χ4n) is 1.53. The molecule has 0 saturated carbocycles. The van der Waals surface area contributed by atoms with Gasteiger partial charge in [-0.1, -0.05) is 18.2 Å². The SMILES string of the molecule is O=[N+]([O-])C1C([N+](=O)[O-])N1c1ccccc1. The van der Waals surface area contributed by atoms with Crippen LogP contribution in [-0.4, -0.2) is 22.2 Å². The third-order valence-corrected chi connectivity index (χ3v) is 2.23. The lowest BCUT2D eigenvalue weighted by Crippen LogP contribution is -2.12. The second-order valence-corrected chi connectivity index (χ2v) is 3.14. The van der Waals surface area contributed by atoms with Crippen molar-refractivity contribution < 1.29 is 9.85 Å². The second kappa shape index (κ2) is 3.19. The highest BCUT2D eigenvalue weighted by atomic mass is 16.7. The van der Waals surface area contributed by atoms with Gasteiger partial charge in [-0.3, -0.25) is 20.2 Å². The molecule has 1 aliphatic heterocycles. The first-order chi connectivity index (χ1) is 7.13. The molecule has 0 amide bonds. The number of rotatable bonds is 3. The summed E-state index contributed by atoms with van der Waals surface area (Å²) in [5.41, 5.74) is 0.501. The number of benzene rings is 1. The van der Waals surface area contributed by atoms with Crippen molar-refractivity contribution in [2.24, 2.45) is 0 Å². The molecular formula is C8H7N3O4. The second-order valence-electron chi connectivity index (χ2n) is 3.14. The van der Waals surface area contributed by atoms with Crippen molar-refractivity contribution in [1.82, 2.24) is 0 Å². The molecule has 0 aliphatic carbocycles. The van der Waals surface area contributed by atoms with Crippen molar-refractivity contribution in [1.29, 1.82) is 0 Å². The number of nitrogens with zero attached hydrogens (tertiary/aromatic N) is 3. The van der Waals surface area contributed by atoms with Crippen LogP contribution in [-0.2, 0) is 0 Å². The van der Waals surface area contributed by atoms with Crippen LogP contribution in [0.25, 0.3) is 0 Å². The van der Waals surface area contributed by atoms with Gasteiger partial charge in [0, 0.05) is 5.69 Å². The van der Waals surface area contributed by atoms with Gasteiger partial charge < -0.3 is 0 Å². The van der Waals surface area contributed by atoms with Crippen LogP contribution in [0.4, 0.5) is 5.69 Å². The summed E-state index contributed by atoms with van der Waals surface area (Å²) in [5.74, 6) is 0. The summed E-state index contributed by atoms with van der Waals surface area (Å²) in [7, 11) is 0. The highest BCUT2D eigenvalue weighted by Crippen LogP contribution is 2.35.